The van der Waals surface area contributed by atoms with Crippen molar-refractivity contribution in [2.75, 3.05) is 13.7 Å². The summed E-state index contributed by atoms with van der Waals surface area (Å²) in [5.41, 5.74) is 1.01. The highest BCUT2D eigenvalue weighted by Crippen LogP contribution is 2.09. The highest BCUT2D eigenvalue weighted by atomic mass is 16.5. The number of rotatable bonds is 4. The zero-order valence-electron chi connectivity index (χ0n) is 7.50. The van der Waals surface area contributed by atoms with Crippen molar-refractivity contribution in [3.05, 3.63) is 24.0 Å². The Bertz CT molecular complexity index is 238. The Morgan fingerprint density at radius 1 is 1.58 bits per heavy atom. The van der Waals surface area contributed by atoms with Gasteiger partial charge in [-0.3, -0.25) is 4.98 Å². The smallest absolute Gasteiger partial charge is 0.122 e. The largest absolute Gasteiger partial charge is 0.497 e. The van der Waals surface area contributed by atoms with E-state index < -0.39 is 0 Å². The van der Waals surface area contributed by atoms with Crippen molar-refractivity contribution >= 4 is 0 Å². The number of nitrogens with zero attached hydrogens (tertiary/aromatic N) is 1. The van der Waals surface area contributed by atoms with E-state index in [1.807, 2.05) is 12.1 Å². The van der Waals surface area contributed by atoms with Crippen LogP contribution in [0.15, 0.2) is 18.3 Å². The molecule has 1 rings (SSSR count). The molecule has 3 heteroatoms. The second-order valence-electron chi connectivity index (χ2n) is 2.47. The molecule has 0 amide bonds. The molecule has 1 N–H and O–H groups in total. The molecular formula is C9H14N2O. The van der Waals surface area contributed by atoms with Crippen molar-refractivity contribution in [3.63, 3.8) is 0 Å². The maximum Gasteiger partial charge on any atom is 0.122 e. The van der Waals surface area contributed by atoms with Crippen LogP contribution >= 0.6 is 0 Å². The molecule has 12 heavy (non-hydrogen) atoms. The minimum Gasteiger partial charge on any atom is -0.497 e. The normalized spacial score (nSPS) is 9.83. The van der Waals surface area contributed by atoms with Crippen molar-refractivity contribution < 1.29 is 4.74 Å². The Morgan fingerprint density at radius 2 is 2.42 bits per heavy atom. The third-order valence-electron chi connectivity index (χ3n) is 1.58. The average molecular weight is 166 g/mol. The number of aromatic nitrogens is 1. The molecule has 0 fully saturated rings. The van der Waals surface area contributed by atoms with Crippen LogP contribution in [0, 0.1) is 0 Å². The molecule has 0 aliphatic heterocycles. The van der Waals surface area contributed by atoms with E-state index in [4.69, 9.17) is 4.74 Å². The second kappa shape index (κ2) is 4.72. The van der Waals surface area contributed by atoms with Crippen molar-refractivity contribution in [3.8, 4) is 5.75 Å². The van der Waals surface area contributed by atoms with Crippen LogP contribution < -0.4 is 10.1 Å². The first kappa shape index (κ1) is 9.00. The Morgan fingerprint density at radius 3 is 3.08 bits per heavy atom. The monoisotopic (exact) mass is 166 g/mol. The fourth-order valence-electron chi connectivity index (χ4n) is 0.933. The Hall–Kier alpha value is -1.09. The maximum atomic E-state index is 5.07. The van der Waals surface area contributed by atoms with Gasteiger partial charge >= 0.3 is 0 Å². The molecular weight excluding hydrogens is 152 g/mol. The number of hydrogen-bond donors (Lipinski definition) is 1. The van der Waals surface area contributed by atoms with Crippen LogP contribution in [0.3, 0.4) is 0 Å². The van der Waals surface area contributed by atoms with Crippen molar-refractivity contribution in [1.82, 2.24) is 10.3 Å². The second-order valence-corrected chi connectivity index (χ2v) is 2.47. The molecule has 0 unspecified atom stereocenters. The van der Waals surface area contributed by atoms with E-state index in [-0.39, 0.29) is 0 Å². The molecule has 0 saturated carbocycles. The first-order valence-electron chi connectivity index (χ1n) is 4.06. The van der Waals surface area contributed by atoms with Gasteiger partial charge in [0.25, 0.3) is 0 Å². The van der Waals surface area contributed by atoms with Crippen LogP contribution in [-0.4, -0.2) is 18.6 Å². The zero-order valence-corrected chi connectivity index (χ0v) is 7.50. The van der Waals surface area contributed by atoms with Crippen molar-refractivity contribution in [2.24, 2.45) is 0 Å². The molecule has 66 valence electrons. The SMILES string of the molecule is CCNCc1cc(OC)ccn1. The summed E-state index contributed by atoms with van der Waals surface area (Å²) in [5, 5.41) is 3.20. The summed E-state index contributed by atoms with van der Waals surface area (Å²) in [6.07, 6.45) is 1.76. The van der Waals surface area contributed by atoms with Gasteiger partial charge in [-0.1, -0.05) is 6.92 Å². The van der Waals surface area contributed by atoms with Crippen LogP contribution in [0.4, 0.5) is 0 Å². The average Bonchev–Trinajstić information content (AvgIpc) is 2.15. The molecule has 0 saturated heterocycles. The third-order valence-corrected chi connectivity index (χ3v) is 1.58. The number of nitrogens with one attached hydrogen (secondary N) is 1. The quantitative estimate of drug-likeness (QED) is 0.729. The van der Waals surface area contributed by atoms with Crippen molar-refractivity contribution in [2.45, 2.75) is 13.5 Å². The molecule has 0 aliphatic carbocycles. The van der Waals surface area contributed by atoms with E-state index in [9.17, 15) is 0 Å². The van der Waals surface area contributed by atoms with Crippen molar-refractivity contribution in [1.29, 1.82) is 0 Å². The zero-order chi connectivity index (χ0) is 8.81. The Balaban J connectivity index is 2.60. The maximum absolute atomic E-state index is 5.07. The molecule has 0 aliphatic rings. The standard InChI is InChI=1S/C9H14N2O/c1-3-10-7-8-6-9(12-2)4-5-11-8/h4-6,10H,3,7H2,1-2H3. The van der Waals surface area contributed by atoms with Crippen LogP contribution in [0.25, 0.3) is 0 Å². The van der Waals surface area contributed by atoms with Gasteiger partial charge in [0.1, 0.15) is 5.75 Å². The topological polar surface area (TPSA) is 34.1 Å². The van der Waals surface area contributed by atoms with Gasteiger partial charge in [0.05, 0.1) is 12.8 Å². The van der Waals surface area contributed by atoms with Gasteiger partial charge in [-0.2, -0.15) is 0 Å². The number of methoxy groups -OCH3 is 1. The van der Waals surface area contributed by atoms with Crippen LogP contribution in [-0.2, 0) is 6.54 Å². The first-order valence-corrected chi connectivity index (χ1v) is 4.06. The highest BCUT2D eigenvalue weighted by molar-refractivity contribution is 5.22. The first-order chi connectivity index (χ1) is 5.86. The summed E-state index contributed by atoms with van der Waals surface area (Å²) in [7, 11) is 1.66. The number of ether oxygens (including phenoxy) is 1. The molecule has 3 nitrogen and oxygen atoms in total. The van der Waals surface area contributed by atoms with Crippen LogP contribution in [0.2, 0.25) is 0 Å². The summed E-state index contributed by atoms with van der Waals surface area (Å²) in [6.45, 7) is 3.83. The van der Waals surface area contributed by atoms with E-state index in [1.165, 1.54) is 0 Å². The summed E-state index contributed by atoms with van der Waals surface area (Å²) < 4.78 is 5.07. The highest BCUT2D eigenvalue weighted by Gasteiger charge is 1.94. The van der Waals surface area contributed by atoms with Gasteiger partial charge in [-0.15, -0.1) is 0 Å². The van der Waals surface area contributed by atoms with E-state index in [0.717, 1.165) is 24.5 Å². The van der Waals surface area contributed by atoms with E-state index in [0.29, 0.717) is 0 Å². The van der Waals surface area contributed by atoms with Gasteiger partial charge in [0.2, 0.25) is 0 Å². The van der Waals surface area contributed by atoms with Gasteiger partial charge < -0.3 is 10.1 Å². The Kier molecular flexibility index (Phi) is 3.54. The van der Waals surface area contributed by atoms with Crippen LogP contribution in [0.5, 0.6) is 5.75 Å². The fourth-order valence-corrected chi connectivity index (χ4v) is 0.933. The summed E-state index contributed by atoms with van der Waals surface area (Å²) >= 11 is 0. The lowest BCUT2D eigenvalue weighted by Crippen LogP contribution is -2.12. The molecule has 0 aromatic carbocycles. The van der Waals surface area contributed by atoms with Gasteiger partial charge in [0, 0.05) is 18.8 Å². The summed E-state index contributed by atoms with van der Waals surface area (Å²) in [5.74, 6) is 0.859. The third kappa shape index (κ3) is 2.51. The molecule has 1 aromatic rings. The number of hydrogen-bond acceptors (Lipinski definition) is 3. The predicted molar refractivity (Wildman–Crippen MR) is 48.2 cm³/mol. The summed E-state index contributed by atoms with van der Waals surface area (Å²) in [6, 6.07) is 3.78. The van der Waals surface area contributed by atoms with E-state index in [1.54, 1.807) is 13.3 Å². The lowest BCUT2D eigenvalue weighted by atomic mass is 10.3. The van der Waals surface area contributed by atoms with Crippen LogP contribution in [0.1, 0.15) is 12.6 Å². The molecule has 1 heterocycles. The molecule has 0 spiro atoms. The van der Waals surface area contributed by atoms with Gasteiger partial charge in [0.15, 0.2) is 0 Å². The molecule has 0 bridgehead atoms. The molecule has 0 radical (unpaired) electrons. The van der Waals surface area contributed by atoms with E-state index >= 15 is 0 Å². The molecule has 0 atom stereocenters. The lowest BCUT2D eigenvalue weighted by molar-refractivity contribution is 0.413. The summed E-state index contributed by atoms with van der Waals surface area (Å²) in [4.78, 5) is 4.18. The van der Waals surface area contributed by atoms with E-state index in [2.05, 4.69) is 17.2 Å². The Labute approximate surface area is 72.8 Å². The molecule has 1 aromatic heterocycles. The van der Waals surface area contributed by atoms with Gasteiger partial charge in [-0.25, -0.2) is 0 Å². The minimum absolute atomic E-state index is 0.799. The minimum atomic E-state index is 0.799. The van der Waals surface area contributed by atoms with Gasteiger partial charge in [-0.05, 0) is 12.6 Å². The fraction of sp³-hybridized carbons (Fsp3) is 0.444. The predicted octanol–water partition coefficient (Wildman–Crippen LogP) is 1.20. The number of pyridine rings is 1. The lowest BCUT2D eigenvalue weighted by Gasteiger charge is -2.03.